The van der Waals surface area contributed by atoms with Crippen LogP contribution in [0.25, 0.3) is 0 Å². The molecule has 0 saturated carbocycles. The molecular weight excluding hydrogens is 184 g/mol. The number of likely N-dealkylation sites (tertiary alicyclic amines) is 1. The zero-order valence-corrected chi connectivity index (χ0v) is 10.9. The number of nitrogens with zero attached hydrogens (tertiary/aromatic N) is 1. The quantitative estimate of drug-likeness (QED) is 0.728. The summed E-state index contributed by atoms with van der Waals surface area (Å²) in [7, 11) is 0. The van der Waals surface area contributed by atoms with Crippen LogP contribution in [0, 0.1) is 5.92 Å². The highest BCUT2D eigenvalue weighted by Gasteiger charge is 2.23. The fraction of sp³-hybridized carbons (Fsp3) is 1.00. The summed E-state index contributed by atoms with van der Waals surface area (Å²) in [6.45, 7) is 13.0. The average molecular weight is 212 g/mol. The molecule has 0 amide bonds. The van der Waals surface area contributed by atoms with E-state index >= 15 is 0 Å². The Morgan fingerprint density at radius 1 is 1.27 bits per heavy atom. The largest absolute Gasteiger partial charge is 0.310 e. The van der Waals surface area contributed by atoms with Crippen molar-refractivity contribution in [3.63, 3.8) is 0 Å². The smallest absolute Gasteiger partial charge is 0.0209 e. The third kappa shape index (κ3) is 4.52. The van der Waals surface area contributed by atoms with Crippen molar-refractivity contribution in [3.05, 3.63) is 0 Å². The van der Waals surface area contributed by atoms with Crippen LogP contribution < -0.4 is 5.32 Å². The Bertz CT molecular complexity index is 164. The van der Waals surface area contributed by atoms with Crippen molar-refractivity contribution in [2.75, 3.05) is 19.6 Å². The van der Waals surface area contributed by atoms with Gasteiger partial charge in [0.1, 0.15) is 0 Å². The molecule has 0 spiro atoms. The van der Waals surface area contributed by atoms with Gasteiger partial charge in [-0.1, -0.05) is 40.5 Å². The maximum atomic E-state index is 3.64. The lowest BCUT2D eigenvalue weighted by molar-refractivity contribution is 0.261. The van der Waals surface area contributed by atoms with E-state index in [0.717, 1.165) is 12.0 Å². The summed E-state index contributed by atoms with van der Waals surface area (Å²) in [6, 6.07) is 1.36. The topological polar surface area (TPSA) is 15.3 Å². The number of hydrogen-bond donors (Lipinski definition) is 1. The third-order valence-electron chi connectivity index (χ3n) is 3.51. The summed E-state index contributed by atoms with van der Waals surface area (Å²) in [4.78, 5) is 2.64. The standard InChI is InChI=1S/C13H28N2/c1-5-12(6-2)9-15-8-7-13(10-15)14-11(3)4/h11-14H,5-10H2,1-4H3. The van der Waals surface area contributed by atoms with E-state index in [9.17, 15) is 0 Å². The maximum Gasteiger partial charge on any atom is 0.0209 e. The minimum atomic E-state index is 0.628. The predicted octanol–water partition coefficient (Wildman–Crippen LogP) is 2.49. The molecule has 1 aliphatic heterocycles. The second-order valence-corrected chi connectivity index (χ2v) is 5.25. The average Bonchev–Trinajstić information content (AvgIpc) is 2.61. The third-order valence-corrected chi connectivity index (χ3v) is 3.51. The highest BCUT2D eigenvalue weighted by molar-refractivity contribution is 4.82. The second-order valence-electron chi connectivity index (χ2n) is 5.25. The van der Waals surface area contributed by atoms with Gasteiger partial charge in [-0.25, -0.2) is 0 Å². The number of nitrogens with one attached hydrogen (secondary N) is 1. The molecule has 0 radical (unpaired) electrons. The minimum Gasteiger partial charge on any atom is -0.310 e. The molecule has 15 heavy (non-hydrogen) atoms. The normalized spacial score (nSPS) is 23.2. The molecule has 0 aromatic rings. The molecule has 0 aromatic heterocycles. The van der Waals surface area contributed by atoms with E-state index in [1.54, 1.807) is 0 Å². The molecule has 2 heteroatoms. The first-order valence-corrected chi connectivity index (χ1v) is 6.64. The van der Waals surface area contributed by atoms with Crippen LogP contribution >= 0.6 is 0 Å². The van der Waals surface area contributed by atoms with E-state index in [0.29, 0.717) is 6.04 Å². The lowest BCUT2D eigenvalue weighted by Gasteiger charge is -2.22. The SMILES string of the molecule is CCC(CC)CN1CCC(NC(C)C)C1. The summed E-state index contributed by atoms with van der Waals surface area (Å²) < 4.78 is 0. The molecular formula is C13H28N2. The Morgan fingerprint density at radius 3 is 2.47 bits per heavy atom. The Labute approximate surface area is 95.4 Å². The van der Waals surface area contributed by atoms with E-state index in [1.807, 2.05) is 0 Å². The molecule has 0 aromatic carbocycles. The van der Waals surface area contributed by atoms with Crippen molar-refractivity contribution >= 4 is 0 Å². The van der Waals surface area contributed by atoms with E-state index < -0.39 is 0 Å². The van der Waals surface area contributed by atoms with E-state index in [1.165, 1.54) is 38.9 Å². The molecule has 1 rings (SSSR count). The molecule has 0 bridgehead atoms. The highest BCUT2D eigenvalue weighted by atomic mass is 15.2. The van der Waals surface area contributed by atoms with Gasteiger partial charge in [0, 0.05) is 25.2 Å². The van der Waals surface area contributed by atoms with Crippen LogP contribution in [0.4, 0.5) is 0 Å². The van der Waals surface area contributed by atoms with Crippen molar-refractivity contribution < 1.29 is 0 Å². The Morgan fingerprint density at radius 2 is 1.93 bits per heavy atom. The van der Waals surface area contributed by atoms with E-state index in [-0.39, 0.29) is 0 Å². The van der Waals surface area contributed by atoms with Gasteiger partial charge in [0.25, 0.3) is 0 Å². The summed E-state index contributed by atoms with van der Waals surface area (Å²) in [5, 5.41) is 3.64. The van der Waals surface area contributed by atoms with Gasteiger partial charge < -0.3 is 10.2 Å². The zero-order valence-electron chi connectivity index (χ0n) is 10.9. The lowest BCUT2D eigenvalue weighted by atomic mass is 10.0. The van der Waals surface area contributed by atoms with Crippen LogP contribution in [-0.2, 0) is 0 Å². The molecule has 2 nitrogen and oxygen atoms in total. The number of hydrogen-bond acceptors (Lipinski definition) is 2. The van der Waals surface area contributed by atoms with Gasteiger partial charge in [0.05, 0.1) is 0 Å². The molecule has 1 heterocycles. The van der Waals surface area contributed by atoms with Crippen LogP contribution in [0.1, 0.15) is 47.0 Å². The van der Waals surface area contributed by atoms with Gasteiger partial charge in [-0.2, -0.15) is 0 Å². The van der Waals surface area contributed by atoms with Gasteiger partial charge >= 0.3 is 0 Å². The molecule has 1 saturated heterocycles. The molecule has 1 unspecified atom stereocenters. The van der Waals surface area contributed by atoms with Crippen molar-refractivity contribution in [2.45, 2.75) is 59.0 Å². The van der Waals surface area contributed by atoms with Crippen LogP contribution in [0.15, 0.2) is 0 Å². The van der Waals surface area contributed by atoms with Crippen molar-refractivity contribution in [1.29, 1.82) is 0 Å². The maximum absolute atomic E-state index is 3.64. The molecule has 1 atom stereocenters. The Hall–Kier alpha value is -0.0800. The minimum absolute atomic E-state index is 0.628. The van der Waals surface area contributed by atoms with E-state index in [2.05, 4.69) is 37.9 Å². The van der Waals surface area contributed by atoms with Crippen LogP contribution in [0.2, 0.25) is 0 Å². The fourth-order valence-electron chi connectivity index (χ4n) is 2.52. The van der Waals surface area contributed by atoms with Gasteiger partial charge in [0.15, 0.2) is 0 Å². The highest BCUT2D eigenvalue weighted by Crippen LogP contribution is 2.15. The molecule has 1 N–H and O–H groups in total. The number of rotatable bonds is 6. The molecule has 1 aliphatic rings. The van der Waals surface area contributed by atoms with Crippen LogP contribution in [0.5, 0.6) is 0 Å². The van der Waals surface area contributed by atoms with Crippen molar-refractivity contribution in [1.82, 2.24) is 10.2 Å². The summed E-state index contributed by atoms with van der Waals surface area (Å²) in [5.41, 5.74) is 0. The van der Waals surface area contributed by atoms with Gasteiger partial charge in [-0.3, -0.25) is 0 Å². The first-order valence-electron chi connectivity index (χ1n) is 6.64. The van der Waals surface area contributed by atoms with Gasteiger partial charge in [-0.15, -0.1) is 0 Å². The van der Waals surface area contributed by atoms with Crippen molar-refractivity contribution in [2.24, 2.45) is 5.92 Å². The summed E-state index contributed by atoms with van der Waals surface area (Å²) >= 11 is 0. The Balaban J connectivity index is 2.23. The lowest BCUT2D eigenvalue weighted by Crippen LogP contribution is -2.37. The monoisotopic (exact) mass is 212 g/mol. The Kier molecular flexibility index (Phi) is 5.62. The van der Waals surface area contributed by atoms with Gasteiger partial charge in [0.2, 0.25) is 0 Å². The van der Waals surface area contributed by atoms with Crippen molar-refractivity contribution in [3.8, 4) is 0 Å². The van der Waals surface area contributed by atoms with Crippen LogP contribution in [-0.4, -0.2) is 36.6 Å². The molecule has 1 fully saturated rings. The first kappa shape index (κ1) is 13.0. The molecule has 0 aliphatic carbocycles. The fourth-order valence-corrected chi connectivity index (χ4v) is 2.52. The molecule has 90 valence electrons. The van der Waals surface area contributed by atoms with Gasteiger partial charge in [-0.05, 0) is 18.9 Å². The zero-order chi connectivity index (χ0) is 11.3. The predicted molar refractivity (Wildman–Crippen MR) is 67.2 cm³/mol. The summed E-state index contributed by atoms with van der Waals surface area (Å²) in [6.07, 6.45) is 3.99. The van der Waals surface area contributed by atoms with Crippen LogP contribution in [0.3, 0.4) is 0 Å². The summed E-state index contributed by atoms with van der Waals surface area (Å²) in [5.74, 6) is 0.905. The second kappa shape index (κ2) is 6.49. The first-order chi connectivity index (χ1) is 7.15. The van der Waals surface area contributed by atoms with E-state index in [4.69, 9.17) is 0 Å².